The summed E-state index contributed by atoms with van der Waals surface area (Å²) in [5, 5.41) is 0. The van der Waals surface area contributed by atoms with Crippen LogP contribution < -0.4 is 0 Å². The zero-order chi connectivity index (χ0) is 38.7. The van der Waals surface area contributed by atoms with E-state index in [0.717, 1.165) is 82.8 Å². The van der Waals surface area contributed by atoms with Crippen molar-refractivity contribution in [2.75, 3.05) is 0 Å². The second-order valence-electron chi connectivity index (χ2n) is 17.1. The van der Waals surface area contributed by atoms with E-state index in [1.807, 2.05) is 12.1 Å². The van der Waals surface area contributed by atoms with Gasteiger partial charge in [0.2, 0.25) is 0 Å². The van der Waals surface area contributed by atoms with Crippen molar-refractivity contribution in [1.29, 1.82) is 0 Å². The Bertz CT molecular complexity index is 2010. The van der Waals surface area contributed by atoms with E-state index in [4.69, 9.17) is 11.9 Å². The zero-order valence-corrected chi connectivity index (χ0v) is 37.7. The van der Waals surface area contributed by atoms with Crippen molar-refractivity contribution in [3.05, 3.63) is 58.2 Å². The topological polar surface area (TPSA) is 51.6 Å². The van der Waals surface area contributed by atoms with Crippen LogP contribution in [0.5, 0.6) is 0 Å². The molecular formula is C48H64F2N4Se2. The molecule has 0 aliphatic heterocycles. The predicted octanol–water partition coefficient (Wildman–Crippen LogP) is 14.0. The first-order chi connectivity index (χ1) is 27.6. The molecule has 2 aliphatic rings. The van der Waals surface area contributed by atoms with E-state index in [0.29, 0.717) is 28.7 Å². The maximum absolute atomic E-state index is 18.0. The summed E-state index contributed by atoms with van der Waals surface area (Å²) >= 11 is -0.508. The van der Waals surface area contributed by atoms with Gasteiger partial charge in [0, 0.05) is 0 Å². The van der Waals surface area contributed by atoms with Gasteiger partial charge in [0.05, 0.1) is 0 Å². The standard InChI is InChI=1S/C48H64F2N4Se2/c1-3-5-7-9-11-13-15-17-19-21-23-25-31-48(32-26-24-22-20-18-16-14-12-10-8-6-4-2)36-28-30-38-47(54-56-52-38)41(36)42-43(48)45(50)40-35(44(42)49)33-34-27-29-37-46(39(34)40)53-55-51-37/h27-30H,3-26,31-33H2,1-2H3. The Hall–Kier alpha value is -2.24. The Balaban J connectivity index is 1.13. The van der Waals surface area contributed by atoms with Crippen LogP contribution in [0.2, 0.25) is 0 Å². The van der Waals surface area contributed by atoms with Gasteiger partial charge < -0.3 is 0 Å². The summed E-state index contributed by atoms with van der Waals surface area (Å²) < 4.78 is 54.6. The van der Waals surface area contributed by atoms with Gasteiger partial charge in [0.15, 0.2) is 0 Å². The fourth-order valence-corrected chi connectivity index (χ4v) is 12.5. The van der Waals surface area contributed by atoms with Gasteiger partial charge in [-0.15, -0.1) is 0 Å². The molecule has 2 aliphatic carbocycles. The molecule has 0 fully saturated rings. The van der Waals surface area contributed by atoms with E-state index < -0.39 is 5.41 Å². The van der Waals surface area contributed by atoms with Gasteiger partial charge in [0.1, 0.15) is 0 Å². The van der Waals surface area contributed by atoms with Crippen molar-refractivity contribution in [2.24, 2.45) is 0 Å². The number of benzene rings is 3. The summed E-state index contributed by atoms with van der Waals surface area (Å²) in [4.78, 5) is 0. The minimum absolute atomic E-state index is 0.221. The molecule has 3 aromatic carbocycles. The summed E-state index contributed by atoms with van der Waals surface area (Å²) in [7, 11) is 0. The molecule has 4 nitrogen and oxygen atoms in total. The molecule has 302 valence electrons. The summed E-state index contributed by atoms with van der Waals surface area (Å²) in [6.45, 7) is 4.56. The molecule has 0 unspecified atom stereocenters. The molecule has 2 heterocycles. The number of rotatable bonds is 26. The molecule has 0 amide bonds. The summed E-state index contributed by atoms with van der Waals surface area (Å²) in [5.41, 5.74) is 8.32. The quantitative estimate of drug-likeness (QED) is 0.0402. The first-order valence-corrected chi connectivity index (χ1v) is 25.7. The van der Waals surface area contributed by atoms with E-state index in [1.165, 1.54) is 128 Å². The average Bonchev–Trinajstić information content (AvgIpc) is 4.01. The normalized spacial score (nSPS) is 13.9. The van der Waals surface area contributed by atoms with Gasteiger partial charge in [-0.3, -0.25) is 0 Å². The summed E-state index contributed by atoms with van der Waals surface area (Å²) in [6, 6.07) is 8.28. The van der Waals surface area contributed by atoms with E-state index in [-0.39, 0.29) is 41.6 Å². The van der Waals surface area contributed by atoms with Crippen molar-refractivity contribution in [3.8, 4) is 22.3 Å². The predicted molar refractivity (Wildman–Crippen MR) is 232 cm³/mol. The van der Waals surface area contributed by atoms with Crippen LogP contribution in [0.4, 0.5) is 8.78 Å². The monoisotopic (exact) mass is 894 g/mol. The molecule has 2 aromatic heterocycles. The summed E-state index contributed by atoms with van der Waals surface area (Å²) in [5.74, 6) is -0.473. The molecule has 0 saturated heterocycles. The van der Waals surface area contributed by atoms with E-state index in [1.54, 1.807) is 0 Å². The van der Waals surface area contributed by atoms with Gasteiger partial charge in [-0.1, -0.05) is 90.9 Å². The molecule has 0 N–H and O–H groups in total. The van der Waals surface area contributed by atoms with Crippen molar-refractivity contribution in [1.82, 2.24) is 15.9 Å². The van der Waals surface area contributed by atoms with Crippen molar-refractivity contribution in [3.63, 3.8) is 0 Å². The van der Waals surface area contributed by atoms with Crippen LogP contribution in [0, 0.1) is 11.6 Å². The zero-order valence-electron chi connectivity index (χ0n) is 34.3. The molecule has 7 rings (SSSR count). The third-order valence-electron chi connectivity index (χ3n) is 13.2. The van der Waals surface area contributed by atoms with Gasteiger partial charge in [-0.25, -0.2) is 0 Å². The van der Waals surface area contributed by atoms with E-state index in [9.17, 15) is 0 Å². The molecule has 8 heteroatoms. The Labute approximate surface area is 347 Å². The van der Waals surface area contributed by atoms with E-state index in [2.05, 4.69) is 30.0 Å². The number of unbranched alkanes of at least 4 members (excludes halogenated alkanes) is 22. The number of halogens is 2. The number of nitrogens with zero attached hydrogens (tertiary/aromatic N) is 4. The molecule has 0 radical (unpaired) electrons. The number of aromatic nitrogens is 4. The molecular weight excluding hydrogens is 828 g/mol. The van der Waals surface area contributed by atoms with E-state index >= 15 is 8.78 Å². The molecule has 0 saturated carbocycles. The third kappa shape index (κ3) is 9.00. The average molecular weight is 893 g/mol. The van der Waals surface area contributed by atoms with Gasteiger partial charge in [-0.05, 0) is 0 Å². The molecule has 56 heavy (non-hydrogen) atoms. The first kappa shape index (κ1) is 41.9. The van der Waals surface area contributed by atoms with Crippen LogP contribution >= 0.6 is 0 Å². The number of fused-ring (bicyclic) bond motifs is 10. The minimum atomic E-state index is -0.589. The number of hydrogen-bond acceptors (Lipinski definition) is 4. The number of hydrogen-bond donors (Lipinski definition) is 0. The molecule has 0 bridgehead atoms. The van der Waals surface area contributed by atoms with Crippen LogP contribution in [0.15, 0.2) is 24.3 Å². The van der Waals surface area contributed by atoms with Crippen LogP contribution in [-0.2, 0) is 11.8 Å². The molecule has 0 atom stereocenters. The van der Waals surface area contributed by atoms with Crippen molar-refractivity contribution >= 4 is 52.0 Å². The second-order valence-corrected chi connectivity index (χ2v) is 19.3. The van der Waals surface area contributed by atoms with Crippen LogP contribution in [0.25, 0.3) is 44.3 Å². The van der Waals surface area contributed by atoms with Gasteiger partial charge in [-0.2, -0.15) is 0 Å². The fourth-order valence-electron chi connectivity index (χ4n) is 10.2. The Kier molecular flexibility index (Phi) is 15.4. The third-order valence-corrected chi connectivity index (χ3v) is 15.5. The molecule has 0 spiro atoms. The molecule has 5 aromatic rings. The second kappa shape index (κ2) is 20.6. The van der Waals surface area contributed by atoms with Crippen LogP contribution in [0.1, 0.15) is 203 Å². The Morgan fingerprint density at radius 1 is 0.482 bits per heavy atom. The SMILES string of the molecule is CCCCCCCCCCCCCCC1(CCCCCCCCCCCCCC)c2ccc3n[se]nc3c2-c2c(F)c3c(c(F)c21)-c1c(ccc2n[se]nc12)C3. The van der Waals surface area contributed by atoms with Crippen molar-refractivity contribution in [2.45, 2.75) is 193 Å². The van der Waals surface area contributed by atoms with Crippen LogP contribution in [-0.4, -0.2) is 45.8 Å². The van der Waals surface area contributed by atoms with Gasteiger partial charge >= 0.3 is 259 Å². The Morgan fingerprint density at radius 3 is 1.43 bits per heavy atom. The van der Waals surface area contributed by atoms with Crippen molar-refractivity contribution < 1.29 is 8.78 Å². The van der Waals surface area contributed by atoms with Crippen LogP contribution in [0.3, 0.4) is 0 Å². The first-order valence-electron chi connectivity index (χ1n) is 22.7. The fraction of sp³-hybridized carbons (Fsp3) is 0.625. The van der Waals surface area contributed by atoms with Gasteiger partial charge in [0.25, 0.3) is 0 Å². The Morgan fingerprint density at radius 2 is 0.929 bits per heavy atom. The summed E-state index contributed by atoms with van der Waals surface area (Å²) in [6.07, 6.45) is 32.8. The maximum atomic E-state index is 18.0.